The van der Waals surface area contributed by atoms with Gasteiger partial charge < -0.3 is 0 Å². The van der Waals surface area contributed by atoms with E-state index < -0.39 is 0 Å². The van der Waals surface area contributed by atoms with E-state index in [-0.39, 0.29) is 10.7 Å². The molecule has 0 spiro atoms. The summed E-state index contributed by atoms with van der Waals surface area (Å²) in [5.74, 6) is 0. The minimum atomic E-state index is 0.216. The number of rotatable bonds is 1. The molecule has 0 bridgehead atoms. The van der Waals surface area contributed by atoms with Gasteiger partial charge in [0.15, 0.2) is 7.28 Å². The summed E-state index contributed by atoms with van der Waals surface area (Å²) < 4.78 is 0. The summed E-state index contributed by atoms with van der Waals surface area (Å²) in [6.07, 6.45) is 0. The summed E-state index contributed by atoms with van der Waals surface area (Å²) in [7, 11) is 2.24. The summed E-state index contributed by atoms with van der Waals surface area (Å²) in [6.45, 7) is 17.2. The molecule has 1 radical (unpaired) electrons. The predicted octanol–water partition coefficient (Wildman–Crippen LogP) is 3.47. The average molecular weight is 151 g/mol. The van der Waals surface area contributed by atoms with Crippen molar-refractivity contribution in [2.24, 2.45) is 5.41 Å². The highest BCUT2D eigenvalue weighted by Gasteiger charge is 2.21. The summed E-state index contributed by atoms with van der Waals surface area (Å²) >= 11 is 0. The number of allylic oxidation sites excluding steroid dienone is 1. The van der Waals surface area contributed by atoms with Crippen LogP contribution in [0.2, 0.25) is 5.31 Å². The van der Waals surface area contributed by atoms with Crippen molar-refractivity contribution in [1.82, 2.24) is 0 Å². The maximum atomic E-state index is 4.06. The molecular formula is C10H20B. The molecule has 0 saturated heterocycles. The fourth-order valence-electron chi connectivity index (χ4n) is 0.739. The zero-order valence-electron chi connectivity index (χ0n) is 8.78. The molecule has 0 nitrogen and oxygen atoms in total. The highest BCUT2D eigenvalue weighted by atomic mass is 14.1. The third kappa shape index (κ3) is 5.12. The zero-order chi connectivity index (χ0) is 9.28. The SMILES string of the molecule is C=C([B]C(C)(C)C)C(C)(C)C. The predicted molar refractivity (Wildman–Crippen MR) is 54.1 cm³/mol. The molecule has 0 aliphatic heterocycles. The largest absolute Gasteiger partial charge is 0.152 e. The smallest absolute Gasteiger partial charge is 0.110 e. The molecule has 1 heteroatoms. The lowest BCUT2D eigenvalue weighted by Gasteiger charge is -2.27. The summed E-state index contributed by atoms with van der Waals surface area (Å²) in [6, 6.07) is 0. The van der Waals surface area contributed by atoms with Gasteiger partial charge in [-0.25, -0.2) is 0 Å². The molecule has 0 aromatic heterocycles. The van der Waals surface area contributed by atoms with Gasteiger partial charge >= 0.3 is 0 Å². The highest BCUT2D eigenvalue weighted by Crippen LogP contribution is 2.31. The molecule has 0 fully saturated rings. The van der Waals surface area contributed by atoms with Crippen molar-refractivity contribution in [1.29, 1.82) is 0 Å². The van der Waals surface area contributed by atoms with E-state index in [4.69, 9.17) is 0 Å². The van der Waals surface area contributed by atoms with Crippen LogP contribution in [0.5, 0.6) is 0 Å². The molecule has 0 N–H and O–H groups in total. The van der Waals surface area contributed by atoms with Gasteiger partial charge in [0.05, 0.1) is 0 Å². The Balaban J connectivity index is 4.11. The Kier molecular flexibility index (Phi) is 2.99. The summed E-state index contributed by atoms with van der Waals surface area (Å²) in [4.78, 5) is 0. The van der Waals surface area contributed by atoms with E-state index in [1.165, 1.54) is 5.47 Å². The van der Waals surface area contributed by atoms with Crippen LogP contribution in [0.4, 0.5) is 0 Å². The van der Waals surface area contributed by atoms with Gasteiger partial charge in [-0.2, -0.15) is 0 Å². The van der Waals surface area contributed by atoms with Crippen LogP contribution in [0.25, 0.3) is 0 Å². The van der Waals surface area contributed by atoms with Crippen LogP contribution < -0.4 is 0 Å². The quantitative estimate of drug-likeness (QED) is 0.503. The number of hydrogen-bond acceptors (Lipinski definition) is 0. The van der Waals surface area contributed by atoms with Gasteiger partial charge in [0.2, 0.25) is 0 Å². The molecule has 0 aliphatic rings. The first-order valence-electron chi connectivity index (χ1n) is 4.18. The van der Waals surface area contributed by atoms with Gasteiger partial charge in [-0.3, -0.25) is 0 Å². The lowest BCUT2D eigenvalue weighted by molar-refractivity contribution is 0.526. The fraction of sp³-hybridized carbons (Fsp3) is 0.800. The molecule has 0 aromatic carbocycles. The molecule has 0 atom stereocenters. The molecule has 63 valence electrons. The summed E-state index contributed by atoms with van der Waals surface area (Å²) in [5.41, 5.74) is 1.44. The maximum Gasteiger partial charge on any atom is 0.152 e. The van der Waals surface area contributed by atoms with Crippen LogP contribution in [-0.4, -0.2) is 7.28 Å². The first-order chi connectivity index (χ1) is 4.63. The van der Waals surface area contributed by atoms with Crippen LogP contribution in [0.1, 0.15) is 41.5 Å². The highest BCUT2D eigenvalue weighted by molar-refractivity contribution is 6.49. The van der Waals surface area contributed by atoms with Crippen LogP contribution in [0, 0.1) is 5.41 Å². The van der Waals surface area contributed by atoms with E-state index in [1.807, 2.05) is 0 Å². The first-order valence-corrected chi connectivity index (χ1v) is 4.18. The minimum absolute atomic E-state index is 0.216. The Hall–Kier alpha value is -0.195. The maximum absolute atomic E-state index is 4.06. The van der Waals surface area contributed by atoms with Gasteiger partial charge in [-0.15, -0.1) is 12.1 Å². The lowest BCUT2D eigenvalue weighted by Crippen LogP contribution is -2.20. The Morgan fingerprint density at radius 2 is 1.36 bits per heavy atom. The second-order valence-corrected chi connectivity index (χ2v) is 5.29. The van der Waals surface area contributed by atoms with Crippen LogP contribution >= 0.6 is 0 Å². The molecule has 0 aromatic rings. The van der Waals surface area contributed by atoms with E-state index in [2.05, 4.69) is 55.4 Å². The van der Waals surface area contributed by atoms with Gasteiger partial charge in [-0.05, 0) is 5.41 Å². The molecule has 0 saturated carbocycles. The van der Waals surface area contributed by atoms with Crippen molar-refractivity contribution in [3.05, 3.63) is 12.1 Å². The Morgan fingerprint density at radius 3 is 1.45 bits per heavy atom. The zero-order valence-corrected chi connectivity index (χ0v) is 8.78. The number of hydrogen-bond donors (Lipinski definition) is 0. The van der Waals surface area contributed by atoms with Crippen LogP contribution in [0.15, 0.2) is 12.1 Å². The van der Waals surface area contributed by atoms with Gasteiger partial charge in [0.1, 0.15) is 0 Å². The third-order valence-electron chi connectivity index (χ3n) is 1.57. The molecule has 0 unspecified atom stereocenters. The minimum Gasteiger partial charge on any atom is -0.110 e. The lowest BCUT2D eigenvalue weighted by atomic mass is 9.47. The van der Waals surface area contributed by atoms with Crippen molar-refractivity contribution in [2.75, 3.05) is 0 Å². The van der Waals surface area contributed by atoms with E-state index >= 15 is 0 Å². The molecule has 0 amide bonds. The topological polar surface area (TPSA) is 0 Å². The Bertz CT molecular complexity index is 143. The molecule has 0 rings (SSSR count). The third-order valence-corrected chi connectivity index (χ3v) is 1.57. The second-order valence-electron chi connectivity index (χ2n) is 5.29. The van der Waals surface area contributed by atoms with Crippen molar-refractivity contribution in [2.45, 2.75) is 46.9 Å². The second kappa shape index (κ2) is 3.04. The molecule has 11 heavy (non-hydrogen) atoms. The fourth-order valence-corrected chi connectivity index (χ4v) is 0.739. The Morgan fingerprint density at radius 1 is 1.00 bits per heavy atom. The van der Waals surface area contributed by atoms with Crippen LogP contribution in [-0.2, 0) is 0 Å². The first kappa shape index (κ1) is 10.8. The van der Waals surface area contributed by atoms with Gasteiger partial charge in [0.25, 0.3) is 0 Å². The standard InChI is InChI=1S/C10H20B/c1-8(9(2,3)4)11-10(5,6)7/h1H2,2-7H3. The van der Waals surface area contributed by atoms with Gasteiger partial charge in [-0.1, -0.05) is 46.9 Å². The molecule has 0 aliphatic carbocycles. The molecule has 0 heterocycles. The van der Waals surface area contributed by atoms with E-state index in [1.54, 1.807) is 0 Å². The van der Waals surface area contributed by atoms with Crippen LogP contribution in [0.3, 0.4) is 0 Å². The Labute approximate surface area is 72.3 Å². The molecular weight excluding hydrogens is 131 g/mol. The monoisotopic (exact) mass is 151 g/mol. The van der Waals surface area contributed by atoms with E-state index in [0.717, 1.165) is 0 Å². The summed E-state index contributed by atoms with van der Waals surface area (Å²) in [5, 5.41) is 0.254. The normalized spacial score (nSPS) is 12.9. The van der Waals surface area contributed by atoms with Crippen molar-refractivity contribution in [3.8, 4) is 0 Å². The van der Waals surface area contributed by atoms with Crippen molar-refractivity contribution >= 4 is 7.28 Å². The van der Waals surface area contributed by atoms with Gasteiger partial charge in [0, 0.05) is 0 Å². The average Bonchev–Trinajstić information content (AvgIpc) is 1.56. The van der Waals surface area contributed by atoms with Crippen molar-refractivity contribution in [3.63, 3.8) is 0 Å². The van der Waals surface area contributed by atoms with E-state index in [9.17, 15) is 0 Å². The van der Waals surface area contributed by atoms with Crippen molar-refractivity contribution < 1.29 is 0 Å². The van der Waals surface area contributed by atoms with E-state index in [0.29, 0.717) is 0 Å².